The molecule has 94 heavy (non-hydrogen) atoms. The van der Waals surface area contributed by atoms with E-state index < -0.39 is 133 Å². The van der Waals surface area contributed by atoms with Crippen molar-refractivity contribution in [3.8, 4) is 0 Å². The molecule has 8 N–H and O–H groups in total. The van der Waals surface area contributed by atoms with Gasteiger partial charge >= 0.3 is 11.9 Å². The molecule has 0 aromatic rings. The van der Waals surface area contributed by atoms with Gasteiger partial charge in [0.15, 0.2) is 0 Å². The average Bonchev–Trinajstić information content (AvgIpc) is 0.891. The molecule has 5 aliphatic heterocycles. The molecule has 0 aliphatic carbocycles. The quantitative estimate of drug-likeness (QED) is 0.0528. The van der Waals surface area contributed by atoms with Crippen LogP contribution in [0.4, 0.5) is 0 Å². The molecule has 20 heteroatoms. The van der Waals surface area contributed by atoms with Crippen LogP contribution in [0.1, 0.15) is 199 Å². The Kier molecular flexibility index (Phi) is 35.3. The summed E-state index contributed by atoms with van der Waals surface area (Å²) in [6, 6.07) is 0. The molecule has 0 aromatic heterocycles. The number of carbonyl (C=O) groups excluding carboxylic acids is 2. The third kappa shape index (κ3) is 25.5. The van der Waals surface area contributed by atoms with Gasteiger partial charge in [-0.2, -0.15) is 0 Å². The Labute approximate surface area is 563 Å². The van der Waals surface area contributed by atoms with Crippen LogP contribution in [-0.2, 0) is 57.0 Å². The second kappa shape index (κ2) is 40.5. The topological polar surface area (TPSA) is 288 Å². The Bertz CT molecular complexity index is 2160. The highest BCUT2D eigenvalue weighted by Crippen LogP contribution is 2.37. The summed E-state index contributed by atoms with van der Waals surface area (Å²) in [5.74, 6) is -5.62. The lowest BCUT2D eigenvalue weighted by Crippen LogP contribution is -2.46. The van der Waals surface area contributed by atoms with E-state index in [2.05, 4.69) is 0 Å². The summed E-state index contributed by atoms with van der Waals surface area (Å²) in [6.45, 7) is 22.1. The maximum Gasteiger partial charge on any atom is 0.333 e. The van der Waals surface area contributed by atoms with Gasteiger partial charge in [-0.1, -0.05) is 91.8 Å². The SMILES string of the molecule is CO[C@@H]1C[C@@H](CC[C@H](C)[C@H](O)[C@H](C)[C@@H]2OC(=O)/C(C)=C/C[C@@H](O)C[C@@H]3C=CC[C@H](C[C@@H](OC)[C@H](C)[C@H](O)C[C@@H](O)[C@@H](C)[C@@H]([C@H](C)[C@H](O)[C@H](C)CC[C@@H]4C[C@H](OC)C[C@H](C)O4)OC(=O)/C(C)=C/C[C@H](O)C[C@@H]4C=CC[C@@H](C[C@H](OC)[C@@H](C)[C@@H](O)C[C@H](O)[C@H]2C)O4)O3)O[C@H](C)C1. The van der Waals surface area contributed by atoms with Gasteiger partial charge in [-0.3, -0.25) is 0 Å². The van der Waals surface area contributed by atoms with Crippen LogP contribution in [0.25, 0.3) is 0 Å². The fraction of sp³-hybridized carbons (Fsp3) is 0.865. The first-order valence-corrected chi connectivity index (χ1v) is 35.7. The summed E-state index contributed by atoms with van der Waals surface area (Å²) in [7, 11) is 6.56. The van der Waals surface area contributed by atoms with Crippen molar-refractivity contribution in [2.75, 3.05) is 28.4 Å². The van der Waals surface area contributed by atoms with Crippen molar-refractivity contribution in [1.29, 1.82) is 0 Å². The summed E-state index contributed by atoms with van der Waals surface area (Å²) in [5, 5.41) is 94.8. The molecule has 20 nitrogen and oxygen atoms in total. The van der Waals surface area contributed by atoms with Gasteiger partial charge in [0.2, 0.25) is 0 Å². The molecule has 5 rings (SSSR count). The summed E-state index contributed by atoms with van der Waals surface area (Å²) >= 11 is 0. The third-order valence-electron chi connectivity index (χ3n) is 21.9. The van der Waals surface area contributed by atoms with Crippen molar-refractivity contribution in [3.63, 3.8) is 0 Å². The molecule has 0 spiro atoms. The molecule has 2 saturated heterocycles. The van der Waals surface area contributed by atoms with E-state index >= 15 is 0 Å². The zero-order valence-electron chi connectivity index (χ0n) is 60.0. The standard InChI is InChI=1S/C74H128O20/c1-41(25-29-59-35-61(85-13)31-45(5)89-59)69(81)51(11)71-49(9)65(79)39-63(77)47(7)67(87-15)37-57-21-18-20-56(92-57)34-54(76)28-24-44(4)74(84)94-72(52(12)70(82)42(2)26-30-60-36-62(86-14)32-46(6)90-60)50(10)66(80)40-64(78)48(8)68(88-16)38-58-22-17-19-55(91-58)33-53(75)27-23-43(3)73(83)93-71/h17-20,23-24,41-42,45-72,75-82H,21-22,25-40H2,1-16H3/b43-23+,44-24+/t41-,42+,45+,46-,47-,48+,49-,50-,51-,52+,53+,54-,55+,56+,57-,58+,59-,60-,61-,62+,63-,64+,65-,66+,67-,68+,69-,70+,71+,72-/m1/s1. The zero-order valence-corrected chi connectivity index (χ0v) is 60.0. The van der Waals surface area contributed by atoms with Gasteiger partial charge < -0.3 is 88.2 Å². The van der Waals surface area contributed by atoms with E-state index in [4.69, 9.17) is 47.4 Å². The third-order valence-corrected chi connectivity index (χ3v) is 21.9. The average molecular weight is 1340 g/mol. The number of fused-ring (bicyclic) bond motifs is 4. The fourth-order valence-electron chi connectivity index (χ4n) is 15.0. The highest BCUT2D eigenvalue weighted by molar-refractivity contribution is 5.88. The van der Waals surface area contributed by atoms with Crippen molar-refractivity contribution in [3.05, 3.63) is 47.6 Å². The van der Waals surface area contributed by atoms with E-state index in [9.17, 15) is 50.4 Å². The van der Waals surface area contributed by atoms with Gasteiger partial charge in [0, 0.05) is 101 Å². The molecule has 0 aromatic carbocycles. The number of methoxy groups -OCH3 is 4. The summed E-state index contributed by atoms with van der Waals surface area (Å²) < 4.78 is 61.5. The van der Waals surface area contributed by atoms with Gasteiger partial charge in [0.25, 0.3) is 0 Å². The molecule has 5 heterocycles. The molecule has 0 unspecified atom stereocenters. The van der Waals surface area contributed by atoms with Crippen molar-refractivity contribution in [1.82, 2.24) is 0 Å². The maximum atomic E-state index is 14.2. The van der Waals surface area contributed by atoms with Crippen LogP contribution < -0.4 is 0 Å². The Morgan fingerprint density at radius 2 is 0.809 bits per heavy atom. The summed E-state index contributed by atoms with van der Waals surface area (Å²) in [4.78, 5) is 28.4. The molecule has 30 atom stereocenters. The molecule has 0 amide bonds. The minimum Gasteiger partial charge on any atom is -0.458 e. The van der Waals surface area contributed by atoms with Crippen LogP contribution in [0.15, 0.2) is 47.6 Å². The van der Waals surface area contributed by atoms with Gasteiger partial charge in [0.05, 0.1) is 122 Å². The van der Waals surface area contributed by atoms with E-state index in [0.29, 0.717) is 51.4 Å². The van der Waals surface area contributed by atoms with E-state index in [1.807, 2.05) is 79.7 Å². The molecular weight excluding hydrogens is 1210 g/mol. The number of hydrogen-bond donors (Lipinski definition) is 8. The first-order valence-electron chi connectivity index (χ1n) is 35.7. The smallest absolute Gasteiger partial charge is 0.333 e. The summed E-state index contributed by atoms with van der Waals surface area (Å²) in [6.07, 6.45) is 6.49. The fourth-order valence-corrected chi connectivity index (χ4v) is 15.0. The predicted molar refractivity (Wildman–Crippen MR) is 359 cm³/mol. The van der Waals surface area contributed by atoms with Crippen LogP contribution in [0.3, 0.4) is 0 Å². The monoisotopic (exact) mass is 1340 g/mol. The minimum absolute atomic E-state index is 0.0361. The molecule has 4 bridgehead atoms. The van der Waals surface area contributed by atoms with Gasteiger partial charge in [-0.15, -0.1) is 0 Å². The number of esters is 2. The Balaban J connectivity index is 1.38. The van der Waals surface area contributed by atoms with Crippen LogP contribution in [0.2, 0.25) is 0 Å². The number of carbonyl (C=O) groups is 2. The van der Waals surface area contributed by atoms with Crippen LogP contribution >= 0.6 is 0 Å². The van der Waals surface area contributed by atoms with Crippen molar-refractivity contribution < 1.29 is 97.8 Å². The van der Waals surface area contributed by atoms with Crippen LogP contribution in [0, 0.1) is 47.3 Å². The van der Waals surface area contributed by atoms with Gasteiger partial charge in [-0.05, 0) is 129 Å². The van der Waals surface area contributed by atoms with E-state index in [1.54, 1.807) is 68.3 Å². The molecule has 0 saturated carbocycles. The first-order chi connectivity index (χ1) is 44.5. The molecule has 0 radical (unpaired) electrons. The first kappa shape index (κ1) is 81.9. The van der Waals surface area contributed by atoms with E-state index in [-0.39, 0.29) is 110 Å². The number of hydrogen-bond acceptors (Lipinski definition) is 20. The maximum absolute atomic E-state index is 14.2. The minimum atomic E-state index is -1.18. The number of cyclic esters (lactones) is 2. The van der Waals surface area contributed by atoms with E-state index in [0.717, 1.165) is 25.7 Å². The van der Waals surface area contributed by atoms with Crippen LogP contribution in [-0.4, -0.2) is 216 Å². The highest BCUT2D eigenvalue weighted by atomic mass is 16.6. The highest BCUT2D eigenvalue weighted by Gasteiger charge is 2.43. The van der Waals surface area contributed by atoms with Crippen LogP contribution in [0.5, 0.6) is 0 Å². The molecular formula is C74H128O20. The number of rotatable bonds is 16. The van der Waals surface area contributed by atoms with Crippen molar-refractivity contribution >= 4 is 11.9 Å². The predicted octanol–water partition coefficient (Wildman–Crippen LogP) is 9.00. The Hall–Kier alpha value is -2.74. The Morgan fingerprint density at radius 3 is 1.15 bits per heavy atom. The van der Waals surface area contributed by atoms with Crippen molar-refractivity contribution in [2.24, 2.45) is 47.3 Å². The lowest BCUT2D eigenvalue weighted by atomic mass is 9.78. The lowest BCUT2D eigenvalue weighted by Gasteiger charge is -2.38. The van der Waals surface area contributed by atoms with Gasteiger partial charge in [0.1, 0.15) is 12.2 Å². The normalized spacial score (nSPS) is 41.4. The zero-order chi connectivity index (χ0) is 69.7. The number of aliphatic hydroxyl groups is 8. The van der Waals surface area contributed by atoms with Crippen molar-refractivity contribution in [2.45, 2.75) is 333 Å². The number of ether oxygens (including phenoxy) is 10. The summed E-state index contributed by atoms with van der Waals surface area (Å²) in [5.41, 5.74) is 0.470. The molecule has 5 aliphatic rings. The number of aliphatic hydroxyl groups excluding tert-OH is 8. The van der Waals surface area contributed by atoms with Gasteiger partial charge in [-0.25, -0.2) is 9.59 Å². The lowest BCUT2D eigenvalue weighted by molar-refractivity contribution is -0.160. The Morgan fingerprint density at radius 1 is 0.457 bits per heavy atom. The second-order valence-electron chi connectivity index (χ2n) is 29.5. The molecule has 2 fully saturated rings. The second-order valence-corrected chi connectivity index (χ2v) is 29.5. The molecule has 544 valence electrons. The largest absolute Gasteiger partial charge is 0.458 e. The van der Waals surface area contributed by atoms with E-state index in [1.165, 1.54) is 0 Å².